The van der Waals surface area contributed by atoms with E-state index in [-0.39, 0.29) is 16.2 Å². The number of ether oxygens (including phenoxy) is 1. The van der Waals surface area contributed by atoms with E-state index in [2.05, 4.69) is 17.1 Å². The monoisotopic (exact) mass is 452 g/mol. The lowest BCUT2D eigenvalue weighted by molar-refractivity contribution is -0.137. The van der Waals surface area contributed by atoms with Crippen molar-refractivity contribution in [3.63, 3.8) is 0 Å². The second kappa shape index (κ2) is 9.12. The Morgan fingerprint density at radius 3 is 2.48 bits per heavy atom. The number of benzene rings is 2. The van der Waals surface area contributed by atoms with Crippen LogP contribution in [-0.2, 0) is 11.7 Å². The van der Waals surface area contributed by atoms with Crippen LogP contribution in [0, 0.1) is 5.92 Å². The Morgan fingerprint density at radius 2 is 1.94 bits per heavy atom. The lowest BCUT2D eigenvalue weighted by atomic mass is 9.78. The van der Waals surface area contributed by atoms with Crippen LogP contribution >= 0.6 is 11.8 Å². The highest BCUT2D eigenvalue weighted by molar-refractivity contribution is 7.98. The Balaban J connectivity index is 2.07. The minimum Gasteiger partial charge on any atom is -0.496 e. The third-order valence-corrected chi connectivity index (χ3v) is 6.36. The molecule has 2 aromatic rings. The third kappa shape index (κ3) is 5.01. The molecule has 0 bridgehead atoms. The van der Waals surface area contributed by atoms with E-state index in [9.17, 15) is 18.0 Å². The lowest BCUT2D eigenvalue weighted by Gasteiger charge is -2.45. The van der Waals surface area contributed by atoms with Crippen molar-refractivity contribution in [1.82, 2.24) is 10.2 Å². The van der Waals surface area contributed by atoms with E-state index in [1.807, 2.05) is 37.4 Å². The fourth-order valence-electron chi connectivity index (χ4n) is 4.49. The highest BCUT2D eigenvalue weighted by atomic mass is 32.2. The van der Waals surface area contributed by atoms with E-state index in [0.717, 1.165) is 42.4 Å². The number of carbonyl (C=O) groups is 1. The van der Waals surface area contributed by atoms with Crippen LogP contribution in [0.2, 0.25) is 0 Å². The minimum absolute atomic E-state index is 0.0860. The van der Waals surface area contributed by atoms with Gasteiger partial charge in [-0.2, -0.15) is 13.2 Å². The normalized spacial score (nSPS) is 22.2. The van der Waals surface area contributed by atoms with Crippen LogP contribution in [0.4, 0.5) is 13.2 Å². The first-order valence-electron chi connectivity index (χ1n) is 9.99. The average Bonchev–Trinajstić information content (AvgIpc) is 2.71. The first kappa shape index (κ1) is 23.5. The van der Waals surface area contributed by atoms with Crippen molar-refractivity contribution < 1.29 is 22.7 Å². The number of amides is 1. The predicted octanol–water partition coefficient (Wildman–Crippen LogP) is 5.03. The van der Waals surface area contributed by atoms with Gasteiger partial charge < -0.3 is 15.0 Å². The van der Waals surface area contributed by atoms with Crippen LogP contribution in [-0.4, -0.2) is 44.3 Å². The number of carbonyl (C=O) groups excluding carboxylic acids is 1. The van der Waals surface area contributed by atoms with Crippen molar-refractivity contribution in [2.75, 3.05) is 33.5 Å². The van der Waals surface area contributed by atoms with Gasteiger partial charge in [0.25, 0.3) is 5.91 Å². The Morgan fingerprint density at radius 1 is 1.26 bits per heavy atom. The molecule has 168 valence electrons. The Kier molecular flexibility index (Phi) is 6.91. The number of methoxy groups -OCH3 is 1. The molecule has 1 N–H and O–H groups in total. The van der Waals surface area contributed by atoms with Gasteiger partial charge in [0.15, 0.2) is 0 Å². The summed E-state index contributed by atoms with van der Waals surface area (Å²) in [7, 11) is 3.28. The van der Waals surface area contributed by atoms with Gasteiger partial charge in [-0.15, -0.1) is 11.8 Å². The Hall–Kier alpha value is -2.19. The standard InChI is InChI=1S/C23H27F3N2O2S/c1-15-12-22(14-28(2)13-15,16-8-6-5-7-9-16)27-21(29)20-18(30-3)10-17(23(24,25)26)11-19(20)31-4/h5-11,15H,12-14H2,1-4H3,(H,27,29)/t15-,22-/m1/s1. The zero-order valence-electron chi connectivity index (χ0n) is 18.0. The molecule has 0 saturated carbocycles. The molecule has 1 aliphatic heterocycles. The van der Waals surface area contributed by atoms with Crippen molar-refractivity contribution >= 4 is 17.7 Å². The number of thioether (sulfide) groups is 1. The molecule has 2 atom stereocenters. The first-order valence-corrected chi connectivity index (χ1v) is 11.2. The number of likely N-dealkylation sites (N-methyl/N-ethyl adjacent to an activating group) is 1. The second-order valence-corrected chi connectivity index (χ2v) is 9.01. The van der Waals surface area contributed by atoms with Crippen LogP contribution in [0.25, 0.3) is 0 Å². The van der Waals surface area contributed by atoms with Gasteiger partial charge in [0, 0.05) is 18.0 Å². The molecule has 4 nitrogen and oxygen atoms in total. The van der Waals surface area contributed by atoms with E-state index in [4.69, 9.17) is 4.74 Å². The van der Waals surface area contributed by atoms with Gasteiger partial charge in [-0.1, -0.05) is 37.3 Å². The summed E-state index contributed by atoms with van der Waals surface area (Å²) in [5.74, 6) is -0.202. The van der Waals surface area contributed by atoms with Crippen LogP contribution in [0.3, 0.4) is 0 Å². The van der Waals surface area contributed by atoms with Gasteiger partial charge in [-0.3, -0.25) is 4.79 Å². The zero-order valence-corrected chi connectivity index (χ0v) is 18.9. The maximum absolute atomic E-state index is 13.5. The maximum Gasteiger partial charge on any atom is 0.416 e. The molecular formula is C23H27F3N2O2S. The first-order chi connectivity index (χ1) is 14.6. The number of piperidine rings is 1. The molecule has 1 fully saturated rings. The van der Waals surface area contributed by atoms with Crippen LogP contribution < -0.4 is 10.1 Å². The van der Waals surface area contributed by atoms with E-state index >= 15 is 0 Å². The molecule has 0 radical (unpaired) electrons. The van der Waals surface area contributed by atoms with E-state index in [1.54, 1.807) is 6.26 Å². The summed E-state index contributed by atoms with van der Waals surface area (Å²) in [5.41, 5.74) is -0.403. The summed E-state index contributed by atoms with van der Waals surface area (Å²) in [6.45, 7) is 3.64. The SMILES string of the molecule is COc1cc(C(F)(F)F)cc(SC)c1C(=O)N[C@]1(c2ccccc2)C[C@@H](C)CN(C)C1. The number of rotatable bonds is 5. The molecule has 1 saturated heterocycles. The van der Waals surface area contributed by atoms with Gasteiger partial charge >= 0.3 is 6.18 Å². The summed E-state index contributed by atoms with van der Waals surface area (Å²) in [4.78, 5) is 15.9. The van der Waals surface area contributed by atoms with Gasteiger partial charge in [-0.05, 0) is 43.3 Å². The summed E-state index contributed by atoms with van der Waals surface area (Å²) in [6, 6.07) is 11.6. The Bertz CT molecular complexity index is 899. The number of nitrogens with one attached hydrogen (secondary N) is 1. The Labute approximate surface area is 185 Å². The van der Waals surface area contributed by atoms with E-state index < -0.39 is 23.2 Å². The minimum atomic E-state index is -4.53. The van der Waals surface area contributed by atoms with Crippen molar-refractivity contribution in [2.45, 2.75) is 30.0 Å². The molecule has 8 heteroatoms. The molecule has 31 heavy (non-hydrogen) atoms. The van der Waals surface area contributed by atoms with Gasteiger partial charge in [0.2, 0.25) is 0 Å². The molecule has 1 amide bonds. The number of hydrogen-bond acceptors (Lipinski definition) is 4. The average molecular weight is 453 g/mol. The number of likely N-dealkylation sites (tertiary alicyclic amines) is 1. The smallest absolute Gasteiger partial charge is 0.416 e. The molecule has 1 aliphatic rings. The fourth-order valence-corrected chi connectivity index (χ4v) is 5.13. The van der Waals surface area contributed by atoms with Crippen molar-refractivity contribution in [3.05, 3.63) is 59.2 Å². The molecule has 3 rings (SSSR count). The quantitative estimate of drug-likeness (QED) is 0.646. The zero-order chi connectivity index (χ0) is 22.8. The molecular weight excluding hydrogens is 425 g/mol. The van der Waals surface area contributed by atoms with Crippen LogP contribution in [0.15, 0.2) is 47.4 Å². The molecule has 0 aromatic heterocycles. The van der Waals surface area contributed by atoms with E-state index in [0.29, 0.717) is 12.5 Å². The number of hydrogen-bond donors (Lipinski definition) is 1. The highest BCUT2D eigenvalue weighted by Gasteiger charge is 2.41. The van der Waals surface area contributed by atoms with Gasteiger partial charge in [0.05, 0.1) is 23.8 Å². The van der Waals surface area contributed by atoms with Gasteiger partial charge in [0.1, 0.15) is 5.75 Å². The summed E-state index contributed by atoms with van der Waals surface area (Å²) in [6.07, 6.45) is -2.15. The fraction of sp³-hybridized carbons (Fsp3) is 0.435. The summed E-state index contributed by atoms with van der Waals surface area (Å²) < 4.78 is 45.2. The molecule has 0 unspecified atom stereocenters. The summed E-state index contributed by atoms with van der Waals surface area (Å²) in [5, 5.41) is 3.18. The largest absolute Gasteiger partial charge is 0.496 e. The van der Waals surface area contributed by atoms with Crippen molar-refractivity contribution in [2.24, 2.45) is 5.92 Å². The topological polar surface area (TPSA) is 41.6 Å². The summed E-state index contributed by atoms with van der Waals surface area (Å²) >= 11 is 1.09. The molecule has 0 aliphatic carbocycles. The maximum atomic E-state index is 13.5. The van der Waals surface area contributed by atoms with Gasteiger partial charge in [-0.25, -0.2) is 0 Å². The van der Waals surface area contributed by atoms with Crippen molar-refractivity contribution in [1.29, 1.82) is 0 Å². The molecule has 2 aromatic carbocycles. The number of nitrogens with zero attached hydrogens (tertiary/aromatic N) is 1. The van der Waals surface area contributed by atoms with E-state index in [1.165, 1.54) is 7.11 Å². The van der Waals surface area contributed by atoms with Crippen LogP contribution in [0.5, 0.6) is 5.75 Å². The number of alkyl halides is 3. The highest BCUT2D eigenvalue weighted by Crippen LogP contribution is 2.40. The predicted molar refractivity (Wildman–Crippen MR) is 117 cm³/mol. The third-order valence-electron chi connectivity index (χ3n) is 5.60. The molecule has 0 spiro atoms. The van der Waals surface area contributed by atoms with Crippen LogP contribution in [0.1, 0.15) is 34.8 Å². The van der Waals surface area contributed by atoms with Crippen molar-refractivity contribution in [3.8, 4) is 5.75 Å². The number of halogens is 3. The second-order valence-electron chi connectivity index (χ2n) is 8.16. The molecule has 1 heterocycles. The lowest BCUT2D eigenvalue weighted by Crippen LogP contribution is -2.57.